The number of thioether (sulfide) groups is 1. The van der Waals surface area contributed by atoms with Crippen LogP contribution in [0.25, 0.3) is 0 Å². The van der Waals surface area contributed by atoms with Crippen molar-refractivity contribution in [3.05, 3.63) is 76.7 Å². The molecule has 0 fully saturated rings. The van der Waals surface area contributed by atoms with Gasteiger partial charge in [0, 0.05) is 33.9 Å². The molecule has 0 saturated heterocycles. The number of hydrogen-bond acceptors (Lipinski definition) is 7. The highest BCUT2D eigenvalue weighted by Gasteiger charge is 2.22. The molecule has 1 aromatic heterocycles. The quantitative estimate of drug-likeness (QED) is 0.224. The molecule has 0 spiro atoms. The third-order valence-corrected chi connectivity index (χ3v) is 6.34. The van der Waals surface area contributed by atoms with E-state index < -0.39 is 12.1 Å². The zero-order valence-corrected chi connectivity index (χ0v) is 20.5. The summed E-state index contributed by atoms with van der Waals surface area (Å²) in [5.41, 5.74) is 3.22. The number of ketones is 1. The number of nitrogens with one attached hydrogen (secondary N) is 1. The fourth-order valence-electron chi connectivity index (χ4n) is 3.30. The van der Waals surface area contributed by atoms with Crippen LogP contribution in [0, 0.1) is 13.8 Å². The van der Waals surface area contributed by atoms with Gasteiger partial charge in [-0.1, -0.05) is 24.2 Å². The molecule has 7 nitrogen and oxygen atoms in total. The van der Waals surface area contributed by atoms with Crippen molar-refractivity contribution < 1.29 is 23.6 Å². The zero-order valence-electron chi connectivity index (χ0n) is 19.7. The van der Waals surface area contributed by atoms with Crippen LogP contribution in [0.4, 0.5) is 5.69 Å². The number of amides is 1. The summed E-state index contributed by atoms with van der Waals surface area (Å²) in [6.45, 7) is 7.22. The minimum absolute atomic E-state index is 0.0743. The average molecular weight is 481 g/mol. The largest absolute Gasteiger partial charge is 0.451 e. The minimum Gasteiger partial charge on any atom is -0.451 e. The van der Waals surface area contributed by atoms with Crippen molar-refractivity contribution in [2.45, 2.75) is 57.3 Å². The number of rotatable bonds is 10. The summed E-state index contributed by atoms with van der Waals surface area (Å²) < 4.78 is 10.7. The monoisotopic (exact) mass is 480 g/mol. The minimum atomic E-state index is -0.964. The van der Waals surface area contributed by atoms with Crippen molar-refractivity contribution in [2.75, 3.05) is 5.32 Å². The molecule has 1 atom stereocenters. The first-order valence-corrected chi connectivity index (χ1v) is 12.1. The first-order chi connectivity index (χ1) is 16.3. The van der Waals surface area contributed by atoms with Gasteiger partial charge in [0.2, 0.25) is 11.7 Å². The smallest absolute Gasteiger partial charge is 0.339 e. The van der Waals surface area contributed by atoms with E-state index in [1.807, 2.05) is 32.9 Å². The Kier molecular flexibility index (Phi) is 8.65. The van der Waals surface area contributed by atoms with Gasteiger partial charge in [0.05, 0.1) is 11.3 Å². The normalized spacial score (nSPS) is 11.6. The molecule has 2 aromatic carbocycles. The number of ether oxygens (including phenoxy) is 1. The number of anilines is 1. The third kappa shape index (κ3) is 6.35. The molecule has 3 aromatic rings. The summed E-state index contributed by atoms with van der Waals surface area (Å²) in [6, 6.07) is 13.7. The lowest BCUT2D eigenvalue weighted by molar-refractivity contribution is -0.116. The van der Waals surface area contributed by atoms with Crippen molar-refractivity contribution in [3.8, 4) is 0 Å². The summed E-state index contributed by atoms with van der Waals surface area (Å²) >= 11 is 1.48. The Morgan fingerprint density at radius 3 is 2.44 bits per heavy atom. The van der Waals surface area contributed by atoms with Crippen LogP contribution >= 0.6 is 11.8 Å². The van der Waals surface area contributed by atoms with Crippen LogP contribution in [-0.2, 0) is 15.3 Å². The summed E-state index contributed by atoms with van der Waals surface area (Å²) in [5.74, 6) is 0.392. The van der Waals surface area contributed by atoms with E-state index in [1.165, 1.54) is 11.8 Å². The van der Waals surface area contributed by atoms with E-state index >= 15 is 0 Å². The van der Waals surface area contributed by atoms with E-state index in [0.29, 0.717) is 29.0 Å². The number of aryl methyl sites for hydroxylation is 2. The van der Waals surface area contributed by atoms with Gasteiger partial charge in [-0.2, -0.15) is 0 Å². The van der Waals surface area contributed by atoms with Crippen LogP contribution in [0.2, 0.25) is 0 Å². The topological polar surface area (TPSA) is 98.5 Å². The van der Waals surface area contributed by atoms with Crippen molar-refractivity contribution in [3.63, 3.8) is 0 Å². The van der Waals surface area contributed by atoms with Crippen molar-refractivity contribution in [2.24, 2.45) is 0 Å². The fraction of sp³-hybridized carbons (Fsp3) is 0.308. The molecule has 0 aliphatic carbocycles. The summed E-state index contributed by atoms with van der Waals surface area (Å²) in [4.78, 5) is 38.2. The Morgan fingerprint density at radius 1 is 1.09 bits per heavy atom. The van der Waals surface area contributed by atoms with Gasteiger partial charge in [0.25, 0.3) is 0 Å². The van der Waals surface area contributed by atoms with E-state index in [2.05, 4.69) is 10.5 Å². The van der Waals surface area contributed by atoms with E-state index in [4.69, 9.17) is 9.26 Å². The Labute approximate surface area is 203 Å². The van der Waals surface area contributed by atoms with Crippen molar-refractivity contribution >= 4 is 35.1 Å². The second kappa shape index (κ2) is 11.7. The maximum Gasteiger partial charge on any atom is 0.339 e. The second-order valence-corrected chi connectivity index (χ2v) is 8.89. The molecule has 0 aliphatic rings. The van der Waals surface area contributed by atoms with Crippen LogP contribution in [0.15, 0.2) is 57.9 Å². The summed E-state index contributed by atoms with van der Waals surface area (Å²) in [6.07, 6.45) is 0.229. The number of hydrogen-bond donors (Lipinski definition) is 1. The average Bonchev–Trinajstić information content (AvgIpc) is 3.15. The molecular weight excluding hydrogens is 452 g/mol. The van der Waals surface area contributed by atoms with Gasteiger partial charge < -0.3 is 14.6 Å². The number of benzene rings is 2. The molecule has 1 amide bonds. The number of esters is 1. The molecule has 3 rings (SSSR count). The Hall–Kier alpha value is -3.39. The van der Waals surface area contributed by atoms with Gasteiger partial charge in [0.15, 0.2) is 6.10 Å². The fourth-order valence-corrected chi connectivity index (χ4v) is 4.49. The van der Waals surface area contributed by atoms with E-state index in [9.17, 15) is 14.4 Å². The van der Waals surface area contributed by atoms with Crippen LogP contribution in [0.1, 0.15) is 64.4 Å². The third-order valence-electron chi connectivity index (χ3n) is 5.24. The van der Waals surface area contributed by atoms with Gasteiger partial charge in [-0.3, -0.25) is 9.59 Å². The number of carbonyl (C=O) groups is 3. The van der Waals surface area contributed by atoms with Crippen molar-refractivity contribution in [1.29, 1.82) is 0 Å². The van der Waals surface area contributed by atoms with E-state index in [-0.39, 0.29) is 11.7 Å². The molecule has 8 heteroatoms. The molecule has 1 heterocycles. The number of Topliss-reactive ketones (excluding diaryl/α,β-unsaturated/α-hetero) is 1. The molecule has 1 N–H and O–H groups in total. The van der Waals surface area contributed by atoms with Gasteiger partial charge in [-0.15, -0.1) is 11.8 Å². The van der Waals surface area contributed by atoms with E-state index in [1.54, 1.807) is 43.3 Å². The maximum absolute atomic E-state index is 12.9. The summed E-state index contributed by atoms with van der Waals surface area (Å²) in [5, 5.41) is 6.74. The summed E-state index contributed by atoms with van der Waals surface area (Å²) in [7, 11) is 0. The first kappa shape index (κ1) is 25.2. The van der Waals surface area contributed by atoms with Crippen LogP contribution in [0.5, 0.6) is 0 Å². The van der Waals surface area contributed by atoms with Gasteiger partial charge in [-0.05, 0) is 63.6 Å². The second-order valence-electron chi connectivity index (χ2n) is 7.87. The predicted molar refractivity (Wildman–Crippen MR) is 131 cm³/mol. The highest BCUT2D eigenvalue weighted by molar-refractivity contribution is 7.98. The molecule has 1 unspecified atom stereocenters. The highest BCUT2D eigenvalue weighted by atomic mass is 32.2. The molecule has 34 heavy (non-hydrogen) atoms. The molecule has 0 bridgehead atoms. The van der Waals surface area contributed by atoms with Crippen LogP contribution in [0.3, 0.4) is 0 Å². The van der Waals surface area contributed by atoms with E-state index in [0.717, 1.165) is 28.3 Å². The number of carbonyl (C=O) groups excluding carboxylic acids is 3. The lowest BCUT2D eigenvalue weighted by atomic mass is 10.1. The van der Waals surface area contributed by atoms with Gasteiger partial charge >= 0.3 is 5.97 Å². The molecule has 0 saturated carbocycles. The molecule has 0 radical (unpaired) electrons. The number of aromatic nitrogens is 1. The van der Waals surface area contributed by atoms with Crippen LogP contribution < -0.4 is 5.32 Å². The lowest BCUT2D eigenvalue weighted by Crippen LogP contribution is -2.24. The molecule has 0 aliphatic heterocycles. The number of nitrogens with zero attached hydrogens (tertiary/aromatic N) is 1. The molecular formula is C26H28N2O5S. The Bertz CT molecular complexity index is 1150. The predicted octanol–water partition coefficient (Wildman–Crippen LogP) is 5.75. The maximum atomic E-state index is 12.9. The highest BCUT2D eigenvalue weighted by Crippen LogP contribution is 2.29. The zero-order chi connectivity index (χ0) is 24.7. The standard InChI is InChI=1S/C26H28N2O5S/c1-5-8-24(29)27-20-13-11-19(12-14-20)25(30)18(4)32-26(31)21-9-6-7-10-23(21)34-15-22-16(2)28-33-17(22)3/h6-7,9-14,18H,5,8,15H2,1-4H3,(H,27,29). The lowest BCUT2D eigenvalue weighted by Gasteiger charge is -2.14. The van der Waals surface area contributed by atoms with Gasteiger partial charge in [-0.25, -0.2) is 4.79 Å². The molecule has 178 valence electrons. The Morgan fingerprint density at radius 2 is 1.79 bits per heavy atom. The SMILES string of the molecule is CCCC(=O)Nc1ccc(C(=O)C(C)OC(=O)c2ccccc2SCc2c(C)noc2C)cc1. The van der Waals surface area contributed by atoms with Gasteiger partial charge in [0.1, 0.15) is 5.76 Å². The Balaban J connectivity index is 1.64. The van der Waals surface area contributed by atoms with Crippen molar-refractivity contribution in [1.82, 2.24) is 5.16 Å². The van der Waals surface area contributed by atoms with Crippen LogP contribution in [-0.4, -0.2) is 28.9 Å². The first-order valence-electron chi connectivity index (χ1n) is 11.1.